The zero-order valence-corrected chi connectivity index (χ0v) is 12.6. The Bertz CT molecular complexity index is 445. The first-order chi connectivity index (χ1) is 10.0. The highest BCUT2D eigenvalue weighted by atomic mass is 16.5. The van der Waals surface area contributed by atoms with Crippen molar-refractivity contribution in [3.05, 3.63) is 35.9 Å². The van der Waals surface area contributed by atoms with Gasteiger partial charge in [0.1, 0.15) is 0 Å². The number of hydrogen-bond donors (Lipinski definition) is 1. The van der Waals surface area contributed by atoms with Crippen LogP contribution in [0.1, 0.15) is 25.8 Å². The maximum atomic E-state index is 12.3. The van der Waals surface area contributed by atoms with Gasteiger partial charge in [0.25, 0.3) is 0 Å². The molecular weight excluding hydrogens is 270 g/mol. The molecule has 1 aromatic carbocycles. The maximum Gasteiger partial charge on any atom is 0.307 e. The fraction of sp³-hybridized carbons (Fsp3) is 0.500. The first kappa shape index (κ1) is 17.2. The molecule has 0 saturated carbocycles. The molecule has 0 bridgehead atoms. The lowest BCUT2D eigenvalue weighted by atomic mass is 10.1. The van der Waals surface area contributed by atoms with Gasteiger partial charge in [0.05, 0.1) is 25.6 Å². The van der Waals surface area contributed by atoms with E-state index in [1.807, 2.05) is 30.3 Å². The van der Waals surface area contributed by atoms with Crippen molar-refractivity contribution in [2.45, 2.75) is 32.8 Å². The van der Waals surface area contributed by atoms with Crippen LogP contribution in [-0.2, 0) is 20.7 Å². The van der Waals surface area contributed by atoms with Crippen molar-refractivity contribution in [2.24, 2.45) is 0 Å². The minimum absolute atomic E-state index is 0.105. The van der Waals surface area contributed by atoms with Gasteiger partial charge in [-0.05, 0) is 19.4 Å². The predicted octanol–water partition coefficient (Wildman–Crippen LogP) is 1.39. The van der Waals surface area contributed by atoms with Crippen molar-refractivity contribution in [1.82, 2.24) is 4.90 Å². The summed E-state index contributed by atoms with van der Waals surface area (Å²) in [4.78, 5) is 25.2. The first-order valence-corrected chi connectivity index (χ1v) is 7.18. The summed E-state index contributed by atoms with van der Waals surface area (Å²) in [6.07, 6.45) is -0.232. The Balaban J connectivity index is 2.59. The highest BCUT2D eigenvalue weighted by Crippen LogP contribution is 2.05. The molecule has 1 atom stereocenters. The van der Waals surface area contributed by atoms with Gasteiger partial charge in [-0.1, -0.05) is 30.3 Å². The van der Waals surface area contributed by atoms with Gasteiger partial charge in [-0.25, -0.2) is 0 Å². The zero-order chi connectivity index (χ0) is 15.7. The molecule has 0 heterocycles. The molecule has 21 heavy (non-hydrogen) atoms. The smallest absolute Gasteiger partial charge is 0.307 e. The van der Waals surface area contributed by atoms with Gasteiger partial charge in [-0.2, -0.15) is 0 Å². The van der Waals surface area contributed by atoms with Gasteiger partial charge in [0.15, 0.2) is 0 Å². The number of carbonyl (C=O) groups excluding carboxylic acids is 2. The average molecular weight is 293 g/mol. The Morgan fingerprint density at radius 2 is 1.95 bits per heavy atom. The van der Waals surface area contributed by atoms with Crippen LogP contribution in [0.25, 0.3) is 0 Å². The monoisotopic (exact) mass is 293 g/mol. The van der Waals surface area contributed by atoms with Crippen molar-refractivity contribution < 1.29 is 19.4 Å². The fourth-order valence-corrected chi connectivity index (χ4v) is 1.98. The Morgan fingerprint density at radius 1 is 1.29 bits per heavy atom. The number of aliphatic hydroxyl groups excluding tert-OH is 1. The number of amides is 1. The summed E-state index contributed by atoms with van der Waals surface area (Å²) in [6, 6.07) is 9.40. The van der Waals surface area contributed by atoms with Gasteiger partial charge < -0.3 is 14.7 Å². The van der Waals surface area contributed by atoms with Gasteiger partial charge in [-0.15, -0.1) is 0 Å². The largest absolute Gasteiger partial charge is 0.466 e. The number of aliphatic hydroxyl groups is 1. The second-order valence-electron chi connectivity index (χ2n) is 4.91. The van der Waals surface area contributed by atoms with Crippen LogP contribution in [0.4, 0.5) is 0 Å². The van der Waals surface area contributed by atoms with Crippen LogP contribution < -0.4 is 0 Å². The summed E-state index contributed by atoms with van der Waals surface area (Å²) in [6.45, 7) is 4.16. The number of esters is 1. The van der Waals surface area contributed by atoms with Crippen LogP contribution in [-0.4, -0.2) is 47.7 Å². The molecule has 0 aliphatic carbocycles. The Kier molecular flexibility index (Phi) is 7.46. The quantitative estimate of drug-likeness (QED) is 0.736. The van der Waals surface area contributed by atoms with Crippen molar-refractivity contribution >= 4 is 11.9 Å². The SMILES string of the molecule is CCOC(=O)CCN(CC(C)O)C(=O)Cc1ccccc1. The molecule has 0 fully saturated rings. The Hall–Kier alpha value is -1.88. The third-order valence-corrected chi connectivity index (χ3v) is 2.93. The number of hydrogen-bond acceptors (Lipinski definition) is 4. The number of benzene rings is 1. The average Bonchev–Trinajstić information content (AvgIpc) is 2.44. The minimum atomic E-state index is -0.632. The maximum absolute atomic E-state index is 12.3. The van der Waals surface area contributed by atoms with Crippen LogP contribution >= 0.6 is 0 Å². The van der Waals surface area contributed by atoms with E-state index >= 15 is 0 Å². The summed E-state index contributed by atoms with van der Waals surface area (Å²) in [5.74, 6) is -0.438. The van der Waals surface area contributed by atoms with E-state index in [-0.39, 0.29) is 37.8 Å². The molecule has 5 heteroatoms. The third kappa shape index (κ3) is 6.90. The third-order valence-electron chi connectivity index (χ3n) is 2.93. The lowest BCUT2D eigenvalue weighted by molar-refractivity contribution is -0.144. The van der Waals surface area contributed by atoms with Gasteiger partial charge in [-0.3, -0.25) is 9.59 Å². The van der Waals surface area contributed by atoms with Crippen molar-refractivity contribution in [2.75, 3.05) is 19.7 Å². The summed E-state index contributed by atoms with van der Waals surface area (Å²) >= 11 is 0. The number of carbonyl (C=O) groups is 2. The van der Waals surface area contributed by atoms with Crippen LogP contribution in [0.5, 0.6) is 0 Å². The second-order valence-corrected chi connectivity index (χ2v) is 4.91. The summed E-state index contributed by atoms with van der Waals surface area (Å²) in [5.41, 5.74) is 0.911. The number of ether oxygens (including phenoxy) is 1. The molecule has 0 saturated heterocycles. The molecule has 5 nitrogen and oxygen atoms in total. The van der Waals surface area contributed by atoms with E-state index < -0.39 is 6.10 Å². The van der Waals surface area contributed by atoms with Crippen LogP contribution in [0.15, 0.2) is 30.3 Å². The highest BCUT2D eigenvalue weighted by Gasteiger charge is 2.17. The van der Waals surface area contributed by atoms with Crippen molar-refractivity contribution in [3.8, 4) is 0 Å². The number of nitrogens with zero attached hydrogens (tertiary/aromatic N) is 1. The van der Waals surface area contributed by atoms with Crippen molar-refractivity contribution in [1.29, 1.82) is 0 Å². The zero-order valence-electron chi connectivity index (χ0n) is 12.6. The van der Waals surface area contributed by atoms with Crippen LogP contribution in [0, 0.1) is 0 Å². The topological polar surface area (TPSA) is 66.8 Å². The standard InChI is InChI=1S/C16H23NO4/c1-3-21-16(20)9-10-17(12-13(2)18)15(19)11-14-7-5-4-6-8-14/h4-8,13,18H,3,9-12H2,1-2H3. The molecule has 1 N–H and O–H groups in total. The summed E-state index contributed by atoms with van der Waals surface area (Å²) < 4.78 is 4.86. The molecule has 1 amide bonds. The molecular formula is C16H23NO4. The molecule has 0 aliphatic heterocycles. The lowest BCUT2D eigenvalue weighted by Crippen LogP contribution is -2.39. The fourth-order valence-electron chi connectivity index (χ4n) is 1.98. The molecule has 0 aromatic heterocycles. The molecule has 1 rings (SSSR count). The Morgan fingerprint density at radius 3 is 2.52 bits per heavy atom. The van der Waals surface area contributed by atoms with E-state index in [1.54, 1.807) is 13.8 Å². The lowest BCUT2D eigenvalue weighted by Gasteiger charge is -2.24. The van der Waals surface area contributed by atoms with Crippen molar-refractivity contribution in [3.63, 3.8) is 0 Å². The highest BCUT2D eigenvalue weighted by molar-refractivity contribution is 5.79. The van der Waals surface area contributed by atoms with Gasteiger partial charge in [0.2, 0.25) is 5.91 Å². The van der Waals surface area contributed by atoms with Gasteiger partial charge in [0, 0.05) is 13.1 Å². The van der Waals surface area contributed by atoms with E-state index in [0.717, 1.165) is 5.56 Å². The molecule has 0 radical (unpaired) electrons. The normalized spacial score (nSPS) is 11.8. The first-order valence-electron chi connectivity index (χ1n) is 7.18. The molecule has 0 spiro atoms. The molecule has 0 aliphatic rings. The summed E-state index contributed by atoms with van der Waals surface area (Å²) in [5, 5.41) is 9.50. The minimum Gasteiger partial charge on any atom is -0.466 e. The van der Waals surface area contributed by atoms with E-state index in [4.69, 9.17) is 4.74 Å². The van der Waals surface area contributed by atoms with Crippen LogP contribution in [0.3, 0.4) is 0 Å². The van der Waals surface area contributed by atoms with E-state index in [2.05, 4.69) is 0 Å². The van der Waals surface area contributed by atoms with Gasteiger partial charge >= 0.3 is 5.97 Å². The van der Waals surface area contributed by atoms with Crippen LogP contribution in [0.2, 0.25) is 0 Å². The predicted molar refractivity (Wildman–Crippen MR) is 79.7 cm³/mol. The Labute approximate surface area is 125 Å². The van der Waals surface area contributed by atoms with E-state index in [1.165, 1.54) is 4.90 Å². The number of rotatable bonds is 8. The molecule has 116 valence electrons. The van der Waals surface area contributed by atoms with E-state index in [0.29, 0.717) is 6.61 Å². The summed E-state index contributed by atoms with van der Waals surface area (Å²) in [7, 11) is 0. The second kappa shape index (κ2) is 9.13. The molecule has 1 aromatic rings. The molecule has 1 unspecified atom stereocenters. The van der Waals surface area contributed by atoms with E-state index in [9.17, 15) is 14.7 Å².